The van der Waals surface area contributed by atoms with E-state index in [0.29, 0.717) is 18.2 Å². The molecule has 0 saturated carbocycles. The van der Waals surface area contributed by atoms with Gasteiger partial charge in [-0.3, -0.25) is 4.79 Å². The molecule has 1 unspecified atom stereocenters. The molecule has 0 aliphatic carbocycles. The van der Waals surface area contributed by atoms with Crippen molar-refractivity contribution in [3.05, 3.63) is 11.1 Å². The Morgan fingerprint density at radius 3 is 2.89 bits per heavy atom. The van der Waals surface area contributed by atoms with Gasteiger partial charge in [-0.05, 0) is 26.7 Å². The standard InChI is InChI=1S/C12H18BrNO3S/c1-3-17-11(15)8-10-14(7-5-4-6-13)12(16)9(2)18-10/h8-9H,3-7H2,1-2H3/b10-8-. The summed E-state index contributed by atoms with van der Waals surface area (Å²) in [4.78, 5) is 25.1. The monoisotopic (exact) mass is 335 g/mol. The van der Waals surface area contributed by atoms with Crippen molar-refractivity contribution >= 4 is 39.6 Å². The van der Waals surface area contributed by atoms with Crippen LogP contribution in [0, 0.1) is 0 Å². The van der Waals surface area contributed by atoms with E-state index in [-0.39, 0.29) is 17.1 Å². The van der Waals surface area contributed by atoms with E-state index in [1.807, 2.05) is 6.92 Å². The molecule has 0 bridgehead atoms. The van der Waals surface area contributed by atoms with Crippen LogP contribution in [0.1, 0.15) is 26.7 Å². The Bertz CT molecular complexity index is 346. The highest BCUT2D eigenvalue weighted by atomic mass is 79.9. The fourth-order valence-electron chi connectivity index (χ4n) is 1.60. The molecule has 0 radical (unpaired) electrons. The van der Waals surface area contributed by atoms with Crippen LogP contribution in [0.2, 0.25) is 0 Å². The number of alkyl halides is 1. The first-order valence-corrected chi connectivity index (χ1v) is 8.02. The third-order valence-corrected chi connectivity index (χ3v) is 4.17. The van der Waals surface area contributed by atoms with Crippen molar-refractivity contribution in [3.8, 4) is 0 Å². The van der Waals surface area contributed by atoms with Crippen LogP contribution in [-0.4, -0.2) is 40.5 Å². The van der Waals surface area contributed by atoms with Crippen LogP contribution in [0.4, 0.5) is 0 Å². The third-order valence-electron chi connectivity index (χ3n) is 2.47. The molecular formula is C12H18BrNO3S. The lowest BCUT2D eigenvalue weighted by molar-refractivity contribution is -0.137. The molecule has 0 aromatic heterocycles. The second-order valence-electron chi connectivity index (χ2n) is 3.88. The molecule has 4 nitrogen and oxygen atoms in total. The normalized spacial score (nSPS) is 21.7. The van der Waals surface area contributed by atoms with Gasteiger partial charge in [0.05, 0.1) is 23.0 Å². The average molecular weight is 336 g/mol. The summed E-state index contributed by atoms with van der Waals surface area (Å²) in [6.45, 7) is 4.63. The van der Waals surface area contributed by atoms with E-state index in [4.69, 9.17) is 4.74 Å². The first-order chi connectivity index (χ1) is 8.60. The molecule has 1 heterocycles. The summed E-state index contributed by atoms with van der Waals surface area (Å²) in [7, 11) is 0. The van der Waals surface area contributed by atoms with E-state index >= 15 is 0 Å². The van der Waals surface area contributed by atoms with Crippen LogP contribution in [0.3, 0.4) is 0 Å². The van der Waals surface area contributed by atoms with Gasteiger partial charge in [-0.15, -0.1) is 0 Å². The highest BCUT2D eigenvalue weighted by Crippen LogP contribution is 2.34. The SMILES string of the molecule is CCOC(=O)/C=C1\SC(C)C(=O)N1CCCCBr. The van der Waals surface area contributed by atoms with Crippen LogP contribution >= 0.6 is 27.7 Å². The van der Waals surface area contributed by atoms with Crippen molar-refractivity contribution < 1.29 is 14.3 Å². The summed E-state index contributed by atoms with van der Waals surface area (Å²) < 4.78 is 4.87. The highest BCUT2D eigenvalue weighted by Gasteiger charge is 2.33. The Kier molecular flexibility index (Phi) is 6.78. The van der Waals surface area contributed by atoms with Crippen molar-refractivity contribution in [1.82, 2.24) is 4.90 Å². The minimum atomic E-state index is -0.382. The Labute approximate surface area is 120 Å². The van der Waals surface area contributed by atoms with Crippen LogP contribution in [0.5, 0.6) is 0 Å². The quantitative estimate of drug-likeness (QED) is 0.324. The first-order valence-electron chi connectivity index (χ1n) is 6.02. The Morgan fingerprint density at radius 1 is 1.56 bits per heavy atom. The molecule has 1 aliphatic heterocycles. The summed E-state index contributed by atoms with van der Waals surface area (Å²) in [6.07, 6.45) is 3.35. The number of ether oxygens (including phenoxy) is 1. The van der Waals surface area contributed by atoms with Gasteiger partial charge in [0.15, 0.2) is 0 Å². The molecule has 102 valence electrons. The molecular weight excluding hydrogens is 318 g/mol. The minimum absolute atomic E-state index is 0.0742. The average Bonchev–Trinajstić information content (AvgIpc) is 2.57. The molecule has 18 heavy (non-hydrogen) atoms. The number of carbonyl (C=O) groups excluding carboxylic acids is 2. The second kappa shape index (κ2) is 7.84. The number of nitrogens with zero attached hydrogens (tertiary/aromatic N) is 1. The molecule has 1 fully saturated rings. The number of carbonyl (C=O) groups is 2. The number of esters is 1. The number of hydrogen-bond acceptors (Lipinski definition) is 4. The smallest absolute Gasteiger partial charge is 0.333 e. The van der Waals surface area contributed by atoms with E-state index in [0.717, 1.165) is 18.2 Å². The predicted molar refractivity (Wildman–Crippen MR) is 76.5 cm³/mol. The van der Waals surface area contributed by atoms with Crippen molar-refractivity contribution in [1.29, 1.82) is 0 Å². The highest BCUT2D eigenvalue weighted by molar-refractivity contribution is 9.09. The van der Waals surface area contributed by atoms with E-state index in [2.05, 4.69) is 15.9 Å². The van der Waals surface area contributed by atoms with Gasteiger partial charge in [0.1, 0.15) is 0 Å². The largest absolute Gasteiger partial charge is 0.463 e. The first kappa shape index (κ1) is 15.6. The number of halogens is 1. The van der Waals surface area contributed by atoms with Crippen molar-refractivity contribution in [2.45, 2.75) is 31.9 Å². The van der Waals surface area contributed by atoms with Gasteiger partial charge in [0.2, 0.25) is 5.91 Å². The van der Waals surface area contributed by atoms with E-state index in [9.17, 15) is 9.59 Å². The Morgan fingerprint density at radius 2 is 2.28 bits per heavy atom. The molecule has 0 aromatic carbocycles. The number of thioether (sulfide) groups is 1. The second-order valence-corrected chi connectivity index (χ2v) is 6.03. The number of amides is 1. The van der Waals surface area contributed by atoms with Gasteiger partial charge in [-0.2, -0.15) is 0 Å². The minimum Gasteiger partial charge on any atom is -0.463 e. The van der Waals surface area contributed by atoms with Gasteiger partial charge < -0.3 is 9.64 Å². The maximum absolute atomic E-state index is 11.9. The molecule has 0 spiro atoms. The lowest BCUT2D eigenvalue weighted by atomic mass is 10.3. The molecule has 1 atom stereocenters. The summed E-state index contributed by atoms with van der Waals surface area (Å²) >= 11 is 4.78. The van der Waals surface area contributed by atoms with Crippen LogP contribution in [-0.2, 0) is 14.3 Å². The molecule has 1 rings (SSSR count). The van der Waals surface area contributed by atoms with E-state index in [1.54, 1.807) is 11.8 Å². The van der Waals surface area contributed by atoms with E-state index < -0.39 is 0 Å². The van der Waals surface area contributed by atoms with E-state index in [1.165, 1.54) is 17.8 Å². The molecule has 1 amide bonds. The van der Waals surface area contributed by atoms with Crippen LogP contribution < -0.4 is 0 Å². The molecule has 0 N–H and O–H groups in total. The topological polar surface area (TPSA) is 46.6 Å². The van der Waals surface area contributed by atoms with Crippen molar-refractivity contribution in [2.75, 3.05) is 18.5 Å². The molecule has 1 saturated heterocycles. The Hall–Kier alpha value is -0.490. The summed E-state index contributed by atoms with van der Waals surface area (Å²) in [6, 6.07) is 0. The number of unbranched alkanes of at least 4 members (excludes halogenated alkanes) is 1. The summed E-state index contributed by atoms with van der Waals surface area (Å²) in [5.74, 6) is -0.308. The van der Waals surface area contributed by atoms with Gasteiger partial charge in [-0.25, -0.2) is 4.79 Å². The maximum Gasteiger partial charge on any atom is 0.333 e. The lowest BCUT2D eigenvalue weighted by Crippen LogP contribution is -2.28. The molecule has 6 heteroatoms. The van der Waals surface area contributed by atoms with Crippen LogP contribution in [0.15, 0.2) is 11.1 Å². The fraction of sp³-hybridized carbons (Fsp3) is 0.667. The molecule has 0 aromatic rings. The van der Waals surface area contributed by atoms with Gasteiger partial charge in [-0.1, -0.05) is 27.7 Å². The van der Waals surface area contributed by atoms with Gasteiger partial charge >= 0.3 is 5.97 Å². The number of hydrogen-bond donors (Lipinski definition) is 0. The Balaban J connectivity index is 2.68. The zero-order valence-electron chi connectivity index (χ0n) is 10.6. The molecule has 1 aliphatic rings. The van der Waals surface area contributed by atoms with Crippen LogP contribution in [0.25, 0.3) is 0 Å². The lowest BCUT2D eigenvalue weighted by Gasteiger charge is -2.16. The van der Waals surface area contributed by atoms with Crippen molar-refractivity contribution in [3.63, 3.8) is 0 Å². The summed E-state index contributed by atoms with van der Waals surface area (Å²) in [5, 5.41) is 1.52. The number of rotatable bonds is 6. The third kappa shape index (κ3) is 4.31. The maximum atomic E-state index is 11.9. The zero-order valence-corrected chi connectivity index (χ0v) is 13.1. The zero-order chi connectivity index (χ0) is 13.5. The summed E-state index contributed by atoms with van der Waals surface area (Å²) in [5.41, 5.74) is 0. The predicted octanol–water partition coefficient (Wildman–Crippen LogP) is 2.53. The fourth-order valence-corrected chi connectivity index (χ4v) is 3.06. The van der Waals surface area contributed by atoms with Gasteiger partial charge in [0.25, 0.3) is 0 Å². The van der Waals surface area contributed by atoms with Gasteiger partial charge in [0, 0.05) is 11.9 Å². The van der Waals surface area contributed by atoms with Crippen molar-refractivity contribution in [2.24, 2.45) is 0 Å².